The van der Waals surface area contributed by atoms with Gasteiger partial charge in [-0.1, -0.05) is 0 Å². The fourth-order valence-corrected chi connectivity index (χ4v) is 2.51. The summed E-state index contributed by atoms with van der Waals surface area (Å²) in [6.45, 7) is 1.52. The van der Waals surface area contributed by atoms with Gasteiger partial charge in [0.2, 0.25) is 5.91 Å². The maximum absolute atomic E-state index is 13.4. The van der Waals surface area contributed by atoms with E-state index in [-0.39, 0.29) is 23.7 Å². The summed E-state index contributed by atoms with van der Waals surface area (Å²) < 4.78 is 31.2. The Morgan fingerprint density at radius 2 is 2.00 bits per heavy atom. The van der Waals surface area contributed by atoms with Gasteiger partial charge in [-0.25, -0.2) is 18.6 Å². The number of nitrogens with zero attached hydrogens (tertiary/aromatic N) is 1. The number of thiazole rings is 1. The maximum Gasteiger partial charge on any atom is 0.340 e. The highest BCUT2D eigenvalue weighted by Gasteiger charge is 2.17. The summed E-state index contributed by atoms with van der Waals surface area (Å²) in [6.07, 6.45) is 0. The van der Waals surface area contributed by atoms with Gasteiger partial charge in [0.1, 0.15) is 0 Å². The lowest BCUT2D eigenvalue weighted by atomic mass is 10.1. The number of benzene rings is 1. The number of esters is 1. The first-order valence-corrected chi connectivity index (χ1v) is 7.32. The molecule has 0 atom stereocenters. The van der Waals surface area contributed by atoms with Crippen LogP contribution in [-0.4, -0.2) is 24.0 Å². The van der Waals surface area contributed by atoms with Crippen LogP contribution < -0.4 is 10.6 Å². The summed E-state index contributed by atoms with van der Waals surface area (Å²) in [6, 6.07) is 1.65. The van der Waals surface area contributed by atoms with Crippen molar-refractivity contribution >= 4 is 34.0 Å². The minimum Gasteiger partial charge on any atom is -0.465 e. The van der Waals surface area contributed by atoms with Crippen LogP contribution in [0.4, 0.5) is 19.6 Å². The largest absolute Gasteiger partial charge is 0.465 e. The minimum atomic E-state index is -1.14. The molecule has 0 radical (unpaired) electrons. The van der Waals surface area contributed by atoms with E-state index >= 15 is 0 Å². The first-order chi connectivity index (χ1) is 10.9. The second-order valence-electron chi connectivity index (χ2n) is 4.48. The topological polar surface area (TPSA) is 80.3 Å². The van der Waals surface area contributed by atoms with Crippen molar-refractivity contribution < 1.29 is 23.1 Å². The third kappa shape index (κ3) is 4.22. The van der Waals surface area contributed by atoms with Gasteiger partial charge in [0.05, 0.1) is 30.6 Å². The zero-order valence-electron chi connectivity index (χ0n) is 12.3. The molecule has 0 aliphatic rings. The zero-order valence-corrected chi connectivity index (χ0v) is 13.1. The highest BCUT2D eigenvalue weighted by molar-refractivity contribution is 7.13. The number of hydrogen-bond donors (Lipinski definition) is 2. The fourth-order valence-electron chi connectivity index (χ4n) is 1.75. The molecule has 1 heterocycles. The Morgan fingerprint density at radius 3 is 2.65 bits per heavy atom. The van der Waals surface area contributed by atoms with Gasteiger partial charge < -0.3 is 15.4 Å². The van der Waals surface area contributed by atoms with E-state index in [4.69, 9.17) is 0 Å². The molecule has 2 N–H and O–H groups in total. The van der Waals surface area contributed by atoms with Gasteiger partial charge in [-0.3, -0.25) is 4.79 Å². The Bertz CT molecular complexity index is 749. The van der Waals surface area contributed by atoms with Gasteiger partial charge in [0.25, 0.3) is 0 Å². The average molecular weight is 341 g/mol. The van der Waals surface area contributed by atoms with Crippen molar-refractivity contribution in [1.29, 1.82) is 0 Å². The minimum absolute atomic E-state index is 0.0878. The second-order valence-corrected chi connectivity index (χ2v) is 5.34. The van der Waals surface area contributed by atoms with Crippen molar-refractivity contribution in [3.8, 4) is 0 Å². The molecule has 2 rings (SSSR count). The van der Waals surface area contributed by atoms with Crippen molar-refractivity contribution in [2.24, 2.45) is 0 Å². The Balaban J connectivity index is 2.16. The van der Waals surface area contributed by atoms with E-state index in [1.165, 1.54) is 18.3 Å². The number of carbonyl (C=O) groups is 2. The summed E-state index contributed by atoms with van der Waals surface area (Å²) in [5, 5.41) is 7.45. The van der Waals surface area contributed by atoms with Crippen LogP contribution in [-0.2, 0) is 16.1 Å². The number of halogens is 2. The number of methoxy groups -OCH3 is 1. The van der Waals surface area contributed by atoms with Crippen molar-refractivity contribution in [3.63, 3.8) is 0 Å². The van der Waals surface area contributed by atoms with E-state index in [0.717, 1.165) is 19.2 Å². The highest BCUT2D eigenvalue weighted by atomic mass is 32.1. The third-order valence-corrected chi connectivity index (χ3v) is 3.57. The van der Waals surface area contributed by atoms with E-state index < -0.39 is 17.6 Å². The average Bonchev–Trinajstić information content (AvgIpc) is 2.94. The van der Waals surface area contributed by atoms with Gasteiger partial charge in [0, 0.05) is 18.4 Å². The molecule has 0 spiro atoms. The number of rotatable bonds is 5. The van der Waals surface area contributed by atoms with Crippen LogP contribution >= 0.6 is 11.3 Å². The molecule has 0 bridgehead atoms. The fraction of sp³-hybridized carbons (Fsp3) is 0.214. The number of ether oxygens (including phenoxy) is 1. The maximum atomic E-state index is 13.4. The van der Waals surface area contributed by atoms with Crippen LogP contribution in [0.2, 0.25) is 0 Å². The van der Waals surface area contributed by atoms with Gasteiger partial charge in [-0.05, 0) is 6.07 Å². The predicted octanol–water partition coefficient (Wildman–Crippen LogP) is 2.78. The summed E-state index contributed by atoms with van der Waals surface area (Å²) in [7, 11) is 1.15. The molecule has 122 valence electrons. The summed E-state index contributed by atoms with van der Waals surface area (Å²) in [4.78, 5) is 26.7. The smallest absolute Gasteiger partial charge is 0.340 e. The number of aromatic nitrogens is 1. The van der Waals surface area contributed by atoms with Crippen LogP contribution in [0.3, 0.4) is 0 Å². The predicted molar refractivity (Wildman–Crippen MR) is 81.4 cm³/mol. The Morgan fingerprint density at radius 1 is 1.30 bits per heavy atom. The van der Waals surface area contributed by atoms with Crippen LogP contribution in [0.15, 0.2) is 17.5 Å². The molecule has 23 heavy (non-hydrogen) atoms. The van der Waals surface area contributed by atoms with Crippen LogP contribution in [0.5, 0.6) is 0 Å². The number of carbonyl (C=O) groups excluding carboxylic acids is 2. The number of amides is 1. The van der Waals surface area contributed by atoms with Crippen LogP contribution in [0.1, 0.15) is 23.0 Å². The number of hydrogen-bond acceptors (Lipinski definition) is 6. The molecule has 0 aliphatic heterocycles. The molecule has 2 aromatic rings. The molecule has 0 aliphatic carbocycles. The van der Waals surface area contributed by atoms with E-state index in [1.807, 2.05) is 0 Å². The van der Waals surface area contributed by atoms with Crippen molar-refractivity contribution in [1.82, 2.24) is 4.98 Å². The Hall–Kier alpha value is -2.55. The molecule has 0 fully saturated rings. The molecule has 0 saturated heterocycles. The molecule has 0 saturated carbocycles. The van der Waals surface area contributed by atoms with E-state index in [9.17, 15) is 18.4 Å². The zero-order chi connectivity index (χ0) is 17.0. The van der Waals surface area contributed by atoms with Crippen molar-refractivity contribution in [2.45, 2.75) is 13.5 Å². The number of nitrogens with one attached hydrogen (secondary N) is 2. The molecule has 0 unspecified atom stereocenters. The molecular weight excluding hydrogens is 328 g/mol. The summed E-state index contributed by atoms with van der Waals surface area (Å²) >= 11 is 1.22. The van der Waals surface area contributed by atoms with E-state index in [0.29, 0.717) is 10.8 Å². The molecule has 1 amide bonds. The van der Waals surface area contributed by atoms with Gasteiger partial charge in [-0.15, -0.1) is 11.3 Å². The van der Waals surface area contributed by atoms with Gasteiger partial charge in [-0.2, -0.15) is 0 Å². The molecular formula is C14H13F2N3O3S. The lowest BCUT2D eigenvalue weighted by Gasteiger charge is -2.10. The van der Waals surface area contributed by atoms with Crippen LogP contribution in [0, 0.1) is 11.6 Å². The summed E-state index contributed by atoms with van der Waals surface area (Å²) in [5.41, 5.74) is 0.535. The first kappa shape index (κ1) is 16.8. The van der Waals surface area contributed by atoms with Crippen molar-refractivity contribution in [2.75, 3.05) is 17.7 Å². The monoisotopic (exact) mass is 341 g/mol. The van der Waals surface area contributed by atoms with Crippen molar-refractivity contribution in [3.05, 3.63) is 40.4 Å². The summed E-state index contributed by atoms with van der Waals surface area (Å²) in [5.74, 6) is -3.26. The Labute approximate surface area is 134 Å². The molecule has 9 heteroatoms. The first-order valence-electron chi connectivity index (χ1n) is 6.44. The normalized spacial score (nSPS) is 10.3. The second kappa shape index (κ2) is 7.14. The lowest BCUT2D eigenvalue weighted by molar-refractivity contribution is -0.114. The van der Waals surface area contributed by atoms with Gasteiger partial charge >= 0.3 is 5.97 Å². The standard InChI is InChI=1S/C14H13F2N3O3S/c1-7(20)18-14-19-8(6-23-14)5-17-12-4-11(16)10(15)3-9(12)13(21)22-2/h3-4,6,17H,5H2,1-2H3,(H,18,19,20). The van der Waals surface area contributed by atoms with E-state index in [2.05, 4.69) is 20.4 Å². The molecule has 1 aromatic heterocycles. The van der Waals surface area contributed by atoms with E-state index in [1.54, 1.807) is 5.38 Å². The quantitative estimate of drug-likeness (QED) is 0.818. The third-order valence-electron chi connectivity index (χ3n) is 2.76. The molecule has 6 nitrogen and oxygen atoms in total. The molecule has 1 aromatic carbocycles. The highest BCUT2D eigenvalue weighted by Crippen LogP contribution is 2.22. The van der Waals surface area contributed by atoms with Crippen LogP contribution in [0.25, 0.3) is 0 Å². The number of anilines is 2. The lowest BCUT2D eigenvalue weighted by Crippen LogP contribution is -2.10. The Kier molecular flexibility index (Phi) is 5.22. The SMILES string of the molecule is COC(=O)c1cc(F)c(F)cc1NCc1csc(NC(C)=O)n1. The van der Waals surface area contributed by atoms with Gasteiger partial charge in [0.15, 0.2) is 16.8 Å².